The van der Waals surface area contributed by atoms with Gasteiger partial charge in [0.05, 0.1) is 4.92 Å². The highest BCUT2D eigenvalue weighted by molar-refractivity contribution is 6.30. The lowest BCUT2D eigenvalue weighted by molar-refractivity contribution is -0.385. The van der Waals surface area contributed by atoms with E-state index in [1.807, 2.05) is 0 Å². The van der Waals surface area contributed by atoms with Crippen molar-refractivity contribution in [1.29, 1.82) is 0 Å². The van der Waals surface area contributed by atoms with Gasteiger partial charge in [-0.3, -0.25) is 15.0 Å². The lowest BCUT2D eigenvalue weighted by Gasteiger charge is -2.18. The molecule has 2 N–H and O–H groups in total. The molecule has 0 bridgehead atoms. The number of likely N-dealkylation sites (tertiary alicyclic amines) is 1. The molecule has 0 amide bonds. The maximum atomic E-state index is 11.1. The van der Waals surface area contributed by atoms with Crippen molar-refractivity contribution in [2.24, 2.45) is 17.6 Å². The van der Waals surface area contributed by atoms with Crippen molar-refractivity contribution in [2.75, 3.05) is 13.1 Å². The standard InChI is InChI=1S/C14H18ClN3O2.ClH/c15-11-2-4-14(18(19)20)10(5-11)7-17-6-9-1-3-13(16)12(9)8-17;/h2,4-5,9,12-13H,1,3,6-8,16H2;1H. The van der Waals surface area contributed by atoms with Crippen LogP contribution in [0.15, 0.2) is 18.2 Å². The molecule has 5 nitrogen and oxygen atoms in total. The third-order valence-corrected chi connectivity index (χ3v) is 4.86. The largest absolute Gasteiger partial charge is 0.327 e. The van der Waals surface area contributed by atoms with Gasteiger partial charge >= 0.3 is 0 Å². The highest BCUT2D eigenvalue weighted by Crippen LogP contribution is 2.38. The molecule has 1 heterocycles. The van der Waals surface area contributed by atoms with Crippen LogP contribution in [0.2, 0.25) is 5.02 Å². The second-order valence-electron chi connectivity index (χ2n) is 5.89. The summed E-state index contributed by atoms with van der Waals surface area (Å²) in [5.41, 5.74) is 6.96. The van der Waals surface area contributed by atoms with E-state index in [9.17, 15) is 10.1 Å². The van der Waals surface area contributed by atoms with Gasteiger partial charge in [0.15, 0.2) is 0 Å². The summed E-state index contributed by atoms with van der Waals surface area (Å²) in [7, 11) is 0. The predicted octanol–water partition coefficient (Wildman–Crippen LogP) is 2.84. The van der Waals surface area contributed by atoms with Crippen molar-refractivity contribution >= 4 is 29.7 Å². The summed E-state index contributed by atoms with van der Waals surface area (Å²) < 4.78 is 0. The fourth-order valence-corrected chi connectivity index (χ4v) is 3.82. The number of nitro groups is 1. The number of halogens is 2. The Kier molecular flexibility index (Phi) is 5.09. The van der Waals surface area contributed by atoms with Gasteiger partial charge in [-0.05, 0) is 36.8 Å². The van der Waals surface area contributed by atoms with E-state index in [1.54, 1.807) is 12.1 Å². The lowest BCUT2D eigenvalue weighted by Crippen LogP contribution is -2.30. The van der Waals surface area contributed by atoms with Crippen molar-refractivity contribution in [3.05, 3.63) is 38.9 Å². The molecule has 3 atom stereocenters. The summed E-state index contributed by atoms with van der Waals surface area (Å²) in [5.74, 6) is 1.21. The molecule has 0 radical (unpaired) electrons. The molecular formula is C14H19Cl2N3O2. The summed E-state index contributed by atoms with van der Waals surface area (Å²) in [4.78, 5) is 13.0. The van der Waals surface area contributed by atoms with Crippen LogP contribution < -0.4 is 5.73 Å². The van der Waals surface area contributed by atoms with E-state index in [0.29, 0.717) is 35.0 Å². The van der Waals surface area contributed by atoms with Crippen LogP contribution in [0, 0.1) is 22.0 Å². The summed E-state index contributed by atoms with van der Waals surface area (Å²) in [6.07, 6.45) is 2.29. The van der Waals surface area contributed by atoms with E-state index in [4.69, 9.17) is 17.3 Å². The van der Waals surface area contributed by atoms with E-state index < -0.39 is 0 Å². The fourth-order valence-electron chi connectivity index (χ4n) is 3.63. The first-order valence-corrected chi connectivity index (χ1v) is 7.33. The monoisotopic (exact) mass is 331 g/mol. The van der Waals surface area contributed by atoms with E-state index >= 15 is 0 Å². The summed E-state index contributed by atoms with van der Waals surface area (Å²) in [6.45, 7) is 2.51. The van der Waals surface area contributed by atoms with Crippen molar-refractivity contribution < 1.29 is 4.92 Å². The highest BCUT2D eigenvalue weighted by Gasteiger charge is 2.41. The molecule has 21 heavy (non-hydrogen) atoms. The van der Waals surface area contributed by atoms with E-state index in [-0.39, 0.29) is 23.0 Å². The van der Waals surface area contributed by atoms with Crippen LogP contribution in [0.25, 0.3) is 0 Å². The lowest BCUT2D eigenvalue weighted by atomic mass is 9.98. The van der Waals surface area contributed by atoms with Gasteiger partial charge in [0.25, 0.3) is 5.69 Å². The van der Waals surface area contributed by atoms with Gasteiger partial charge in [0.1, 0.15) is 0 Å². The molecular weight excluding hydrogens is 313 g/mol. The number of nitrogens with zero attached hydrogens (tertiary/aromatic N) is 2. The van der Waals surface area contributed by atoms with Crippen molar-refractivity contribution in [3.8, 4) is 0 Å². The van der Waals surface area contributed by atoms with Crippen LogP contribution in [0.4, 0.5) is 5.69 Å². The van der Waals surface area contributed by atoms with E-state index in [1.165, 1.54) is 12.5 Å². The zero-order valence-electron chi connectivity index (χ0n) is 11.6. The number of nitrogens with two attached hydrogens (primary N) is 1. The molecule has 1 saturated heterocycles. The number of fused-ring (bicyclic) bond motifs is 1. The van der Waals surface area contributed by atoms with Crippen LogP contribution in [-0.2, 0) is 6.54 Å². The summed E-state index contributed by atoms with van der Waals surface area (Å²) in [5, 5.41) is 11.6. The van der Waals surface area contributed by atoms with Crippen molar-refractivity contribution in [1.82, 2.24) is 4.90 Å². The van der Waals surface area contributed by atoms with Gasteiger partial charge in [0.2, 0.25) is 0 Å². The number of hydrogen-bond donors (Lipinski definition) is 1. The molecule has 2 fully saturated rings. The van der Waals surface area contributed by atoms with E-state index in [0.717, 1.165) is 19.5 Å². The number of benzene rings is 1. The first-order chi connectivity index (χ1) is 9.54. The minimum Gasteiger partial charge on any atom is -0.327 e. The molecule has 0 aromatic heterocycles. The molecule has 2 aliphatic rings. The first-order valence-electron chi connectivity index (χ1n) is 6.95. The third kappa shape index (κ3) is 3.31. The van der Waals surface area contributed by atoms with Crippen LogP contribution in [0.5, 0.6) is 0 Å². The van der Waals surface area contributed by atoms with Crippen LogP contribution in [-0.4, -0.2) is 29.0 Å². The SMILES string of the molecule is Cl.NC1CCC2CN(Cc3cc(Cl)ccc3[N+](=O)[O-])CC12. The quantitative estimate of drug-likeness (QED) is 0.682. The smallest absolute Gasteiger partial charge is 0.273 e. The Labute approximate surface area is 135 Å². The van der Waals surface area contributed by atoms with E-state index in [2.05, 4.69) is 4.90 Å². The maximum absolute atomic E-state index is 11.1. The van der Waals surface area contributed by atoms with Gasteiger partial charge in [-0.25, -0.2) is 0 Å². The molecule has 1 aromatic rings. The molecule has 3 unspecified atom stereocenters. The Bertz CT molecular complexity index is 541. The Balaban J connectivity index is 0.00000161. The third-order valence-electron chi connectivity index (χ3n) is 4.62. The topological polar surface area (TPSA) is 72.4 Å². The summed E-state index contributed by atoms with van der Waals surface area (Å²) >= 11 is 5.96. The fraction of sp³-hybridized carbons (Fsp3) is 0.571. The molecule has 1 aliphatic carbocycles. The molecule has 3 rings (SSSR count). The molecule has 116 valence electrons. The summed E-state index contributed by atoms with van der Waals surface area (Å²) in [6, 6.07) is 5.05. The molecule has 1 aliphatic heterocycles. The van der Waals surface area contributed by atoms with Gasteiger partial charge < -0.3 is 5.73 Å². The van der Waals surface area contributed by atoms with Gasteiger partial charge in [-0.1, -0.05) is 11.6 Å². The molecule has 0 spiro atoms. The van der Waals surface area contributed by atoms with Crippen molar-refractivity contribution in [2.45, 2.75) is 25.4 Å². The molecule has 7 heteroatoms. The van der Waals surface area contributed by atoms with Gasteiger partial charge in [-0.15, -0.1) is 12.4 Å². The number of nitro benzene ring substituents is 1. The van der Waals surface area contributed by atoms with Gasteiger partial charge in [0, 0.05) is 42.3 Å². The Morgan fingerprint density at radius 1 is 1.38 bits per heavy atom. The first kappa shape index (κ1) is 16.5. The van der Waals surface area contributed by atoms with Crippen molar-refractivity contribution in [3.63, 3.8) is 0 Å². The highest BCUT2D eigenvalue weighted by atomic mass is 35.5. The minimum atomic E-state index is -0.339. The Hall–Kier alpha value is -0.880. The second-order valence-corrected chi connectivity index (χ2v) is 6.33. The second kappa shape index (κ2) is 6.48. The van der Waals surface area contributed by atoms with Crippen LogP contribution in [0.1, 0.15) is 18.4 Å². The predicted molar refractivity (Wildman–Crippen MR) is 84.8 cm³/mol. The number of rotatable bonds is 3. The number of hydrogen-bond acceptors (Lipinski definition) is 4. The average molecular weight is 332 g/mol. The molecule has 1 saturated carbocycles. The zero-order chi connectivity index (χ0) is 14.3. The minimum absolute atomic E-state index is 0. The normalized spacial score (nSPS) is 28.2. The zero-order valence-corrected chi connectivity index (χ0v) is 13.1. The van der Waals surface area contributed by atoms with Crippen LogP contribution in [0.3, 0.4) is 0 Å². The maximum Gasteiger partial charge on any atom is 0.273 e. The van der Waals surface area contributed by atoms with Gasteiger partial charge in [-0.2, -0.15) is 0 Å². The Morgan fingerprint density at radius 3 is 2.81 bits per heavy atom. The van der Waals surface area contributed by atoms with Crippen LogP contribution >= 0.6 is 24.0 Å². The average Bonchev–Trinajstić information content (AvgIpc) is 2.92. The Morgan fingerprint density at radius 2 is 2.14 bits per heavy atom. The molecule has 1 aromatic carbocycles.